The predicted octanol–water partition coefficient (Wildman–Crippen LogP) is 10.6. The zero-order valence-corrected chi connectivity index (χ0v) is 33.6. The van der Waals surface area contributed by atoms with Crippen molar-refractivity contribution in [1.82, 2.24) is 5.32 Å². The highest BCUT2D eigenvalue weighted by atomic mass is 31.2. The number of unbranched alkanes of at least 4 members (excludes halogenated alkanes) is 21. The van der Waals surface area contributed by atoms with Gasteiger partial charge in [0.1, 0.15) is 13.2 Å². The van der Waals surface area contributed by atoms with Crippen LogP contribution in [0.4, 0.5) is 0 Å². The molecule has 0 bridgehead atoms. The van der Waals surface area contributed by atoms with E-state index < -0.39 is 20.0 Å². The van der Waals surface area contributed by atoms with Gasteiger partial charge in [-0.25, -0.2) is 4.57 Å². The molecular weight excluding hydrogens is 635 g/mol. The van der Waals surface area contributed by atoms with Gasteiger partial charge in [-0.2, -0.15) is 0 Å². The minimum absolute atomic E-state index is 0.0611. The van der Waals surface area contributed by atoms with Gasteiger partial charge in [0, 0.05) is 6.42 Å². The van der Waals surface area contributed by atoms with Gasteiger partial charge in [0.05, 0.1) is 39.9 Å². The average Bonchev–Trinajstić information content (AvgIpc) is 3.04. The number of hydrogen-bond donors (Lipinski definition) is 3. The number of quaternary nitrogens is 1. The molecule has 0 rings (SSSR count). The third-order valence-electron chi connectivity index (χ3n) is 8.92. The second kappa shape index (κ2) is 32.9. The van der Waals surface area contributed by atoms with Gasteiger partial charge >= 0.3 is 7.82 Å². The number of aliphatic hydroxyl groups excluding tert-OH is 1. The van der Waals surface area contributed by atoms with Crippen molar-refractivity contribution in [2.24, 2.45) is 0 Å². The standard InChI is InChI=1S/C40H79N2O6P/c1-6-8-10-12-14-15-16-17-18-19-20-21-22-23-24-25-26-27-28-30-32-34-40(44)41-38(39(43)33-31-29-13-11-9-7-2)37-48-49(45,46)47-36-35-42(3,4)5/h19-20,31,33,38-39,43H,6-18,21-30,32,34-37H2,1-5H3,(H-,41,44,45,46)/p+1/b20-19-,33-31+. The molecule has 3 unspecified atom stereocenters. The fraction of sp³-hybridized carbons (Fsp3) is 0.875. The maximum absolute atomic E-state index is 12.7. The first kappa shape index (κ1) is 48.0. The number of rotatable bonds is 36. The molecule has 9 heteroatoms. The number of phosphoric ester groups is 1. The van der Waals surface area contributed by atoms with Crippen LogP contribution in [0.25, 0.3) is 0 Å². The largest absolute Gasteiger partial charge is 0.472 e. The molecule has 0 aromatic heterocycles. The summed E-state index contributed by atoms with van der Waals surface area (Å²) in [5, 5.41) is 13.6. The van der Waals surface area contributed by atoms with Gasteiger partial charge in [-0.05, 0) is 44.9 Å². The van der Waals surface area contributed by atoms with Crippen LogP contribution >= 0.6 is 7.82 Å². The number of likely N-dealkylation sites (N-methyl/N-ethyl adjacent to an activating group) is 1. The molecule has 0 fully saturated rings. The summed E-state index contributed by atoms with van der Waals surface area (Å²) in [6.45, 7) is 4.72. The summed E-state index contributed by atoms with van der Waals surface area (Å²) in [7, 11) is 1.57. The molecule has 0 heterocycles. The maximum Gasteiger partial charge on any atom is 0.472 e. The average molecular weight is 716 g/mol. The number of phosphoric acid groups is 1. The first-order valence-corrected chi connectivity index (χ1v) is 21.7. The Hall–Kier alpha value is -1.02. The number of hydrogen-bond acceptors (Lipinski definition) is 5. The molecule has 0 aliphatic carbocycles. The monoisotopic (exact) mass is 716 g/mol. The molecule has 0 spiro atoms. The molecule has 0 aromatic carbocycles. The molecule has 3 atom stereocenters. The molecule has 0 aromatic rings. The number of amides is 1. The number of carbonyl (C=O) groups is 1. The van der Waals surface area contributed by atoms with E-state index in [4.69, 9.17) is 9.05 Å². The number of carbonyl (C=O) groups excluding carboxylic acids is 1. The highest BCUT2D eigenvalue weighted by Gasteiger charge is 2.27. The fourth-order valence-electron chi connectivity index (χ4n) is 5.62. The van der Waals surface area contributed by atoms with Crippen LogP contribution in [0.15, 0.2) is 24.3 Å². The van der Waals surface area contributed by atoms with E-state index in [1.54, 1.807) is 6.08 Å². The van der Waals surface area contributed by atoms with Crippen molar-refractivity contribution in [2.75, 3.05) is 40.9 Å². The Kier molecular flexibility index (Phi) is 32.2. The van der Waals surface area contributed by atoms with Crippen molar-refractivity contribution < 1.29 is 32.9 Å². The zero-order chi connectivity index (χ0) is 36.5. The van der Waals surface area contributed by atoms with E-state index in [2.05, 4.69) is 31.3 Å². The van der Waals surface area contributed by atoms with Crippen molar-refractivity contribution in [3.63, 3.8) is 0 Å². The molecule has 0 saturated heterocycles. The second-order valence-corrected chi connectivity index (χ2v) is 16.5. The summed E-state index contributed by atoms with van der Waals surface area (Å²) in [6.07, 6.45) is 37.0. The molecule has 0 aliphatic rings. The third kappa shape index (κ3) is 35.2. The summed E-state index contributed by atoms with van der Waals surface area (Å²) in [4.78, 5) is 22.9. The van der Waals surface area contributed by atoms with Crippen molar-refractivity contribution in [3.05, 3.63) is 24.3 Å². The lowest BCUT2D eigenvalue weighted by atomic mass is 10.0. The van der Waals surface area contributed by atoms with Gasteiger partial charge in [-0.3, -0.25) is 13.8 Å². The lowest BCUT2D eigenvalue weighted by molar-refractivity contribution is -0.870. The lowest BCUT2D eigenvalue weighted by Crippen LogP contribution is -2.45. The van der Waals surface area contributed by atoms with E-state index in [1.165, 1.54) is 109 Å². The molecule has 49 heavy (non-hydrogen) atoms. The zero-order valence-electron chi connectivity index (χ0n) is 32.7. The van der Waals surface area contributed by atoms with Crippen LogP contribution < -0.4 is 5.32 Å². The van der Waals surface area contributed by atoms with E-state index >= 15 is 0 Å². The predicted molar refractivity (Wildman–Crippen MR) is 208 cm³/mol. The summed E-state index contributed by atoms with van der Waals surface area (Å²) in [5.74, 6) is -0.186. The van der Waals surface area contributed by atoms with Crippen molar-refractivity contribution in [2.45, 2.75) is 187 Å². The molecule has 290 valence electrons. The van der Waals surface area contributed by atoms with Gasteiger partial charge in [-0.1, -0.05) is 147 Å². The van der Waals surface area contributed by atoms with E-state index in [0.29, 0.717) is 17.4 Å². The van der Waals surface area contributed by atoms with Gasteiger partial charge in [0.15, 0.2) is 0 Å². The normalized spacial score (nSPS) is 14.8. The van der Waals surface area contributed by atoms with Crippen LogP contribution in [0, 0.1) is 0 Å². The van der Waals surface area contributed by atoms with Gasteiger partial charge in [0.2, 0.25) is 5.91 Å². The number of nitrogens with zero attached hydrogens (tertiary/aromatic N) is 1. The second-order valence-electron chi connectivity index (χ2n) is 15.0. The van der Waals surface area contributed by atoms with E-state index in [1.807, 2.05) is 27.2 Å². The first-order chi connectivity index (χ1) is 23.5. The fourth-order valence-corrected chi connectivity index (χ4v) is 6.36. The van der Waals surface area contributed by atoms with Crippen molar-refractivity contribution >= 4 is 13.7 Å². The van der Waals surface area contributed by atoms with Gasteiger partial charge in [-0.15, -0.1) is 0 Å². The molecular formula is C40H80N2O6P+. The Morgan fingerprint density at radius 2 is 1.10 bits per heavy atom. The smallest absolute Gasteiger partial charge is 0.387 e. The molecule has 0 radical (unpaired) electrons. The Morgan fingerprint density at radius 3 is 1.59 bits per heavy atom. The summed E-state index contributed by atoms with van der Waals surface area (Å²) < 4.78 is 23.3. The minimum Gasteiger partial charge on any atom is -0.387 e. The van der Waals surface area contributed by atoms with Crippen molar-refractivity contribution in [1.29, 1.82) is 0 Å². The van der Waals surface area contributed by atoms with Gasteiger partial charge < -0.3 is 19.8 Å². The minimum atomic E-state index is -4.32. The number of allylic oxidation sites excluding steroid dienone is 3. The highest BCUT2D eigenvalue weighted by molar-refractivity contribution is 7.47. The molecule has 0 saturated carbocycles. The molecule has 8 nitrogen and oxygen atoms in total. The van der Waals surface area contributed by atoms with E-state index in [-0.39, 0.29) is 19.1 Å². The first-order valence-electron chi connectivity index (χ1n) is 20.2. The third-order valence-corrected chi connectivity index (χ3v) is 9.90. The summed E-state index contributed by atoms with van der Waals surface area (Å²) >= 11 is 0. The van der Waals surface area contributed by atoms with E-state index in [9.17, 15) is 19.4 Å². The van der Waals surface area contributed by atoms with Crippen molar-refractivity contribution in [3.8, 4) is 0 Å². The maximum atomic E-state index is 12.7. The quantitative estimate of drug-likeness (QED) is 0.0258. The SMILES string of the molecule is CCCCCC/C=C/C(O)C(COP(=O)(O)OCC[N+](C)(C)C)NC(=O)CCCCCCCCCCC/C=C\CCCCCCCCCC. The Balaban J connectivity index is 4.17. The van der Waals surface area contributed by atoms with Crippen LogP contribution in [0.3, 0.4) is 0 Å². The Morgan fingerprint density at radius 1 is 0.673 bits per heavy atom. The van der Waals surface area contributed by atoms with Crippen LogP contribution in [0.2, 0.25) is 0 Å². The molecule has 0 aliphatic heterocycles. The van der Waals surface area contributed by atoms with Crippen LogP contribution in [0.5, 0.6) is 0 Å². The topological polar surface area (TPSA) is 105 Å². The van der Waals surface area contributed by atoms with Gasteiger partial charge in [0.25, 0.3) is 0 Å². The summed E-state index contributed by atoms with van der Waals surface area (Å²) in [5.41, 5.74) is 0. The van der Waals surface area contributed by atoms with E-state index in [0.717, 1.165) is 44.9 Å². The van der Waals surface area contributed by atoms with Crippen LogP contribution in [0.1, 0.15) is 174 Å². The Labute approximate surface area is 303 Å². The highest BCUT2D eigenvalue weighted by Crippen LogP contribution is 2.43. The van der Waals surface area contributed by atoms with Crippen LogP contribution in [-0.2, 0) is 18.4 Å². The molecule has 3 N–H and O–H groups in total. The molecule has 1 amide bonds. The number of aliphatic hydroxyl groups is 1. The Bertz CT molecular complexity index is 860. The van der Waals surface area contributed by atoms with Crippen LogP contribution in [-0.4, -0.2) is 73.4 Å². The summed E-state index contributed by atoms with van der Waals surface area (Å²) in [6, 6.07) is -0.841. The lowest BCUT2D eigenvalue weighted by Gasteiger charge is -2.25. The number of nitrogens with one attached hydrogen (secondary N) is 1.